The molecule has 5 nitrogen and oxygen atoms in total. The first-order valence-electron chi connectivity index (χ1n) is 5.95. The molecule has 0 saturated carbocycles. The molecule has 2 aromatic rings. The Labute approximate surface area is 130 Å². The highest BCUT2D eigenvalue weighted by Crippen LogP contribution is 2.33. The van der Waals surface area contributed by atoms with E-state index in [0.29, 0.717) is 20.5 Å². The van der Waals surface area contributed by atoms with E-state index in [1.165, 1.54) is 0 Å². The van der Waals surface area contributed by atoms with E-state index in [1.807, 2.05) is 19.1 Å². The van der Waals surface area contributed by atoms with Crippen LogP contribution in [0.1, 0.15) is 21.5 Å². The van der Waals surface area contributed by atoms with Crippen LogP contribution in [0.3, 0.4) is 0 Å². The third-order valence-electron chi connectivity index (χ3n) is 2.75. The second kappa shape index (κ2) is 6.51. The molecule has 0 saturated heterocycles. The van der Waals surface area contributed by atoms with Gasteiger partial charge >= 0.3 is 0 Å². The largest absolute Gasteiger partial charge is 0.348 e. The van der Waals surface area contributed by atoms with Gasteiger partial charge in [-0.3, -0.25) is 14.9 Å². The lowest BCUT2D eigenvalue weighted by Crippen LogP contribution is -2.04. The van der Waals surface area contributed by atoms with Crippen molar-refractivity contribution < 1.29 is 9.72 Å². The number of nitrogens with zero attached hydrogens (tertiary/aromatic N) is 1. The van der Waals surface area contributed by atoms with E-state index in [4.69, 9.17) is 11.6 Å². The predicted molar refractivity (Wildman–Crippen MR) is 83.7 cm³/mol. The van der Waals surface area contributed by atoms with Crippen molar-refractivity contribution in [3.63, 3.8) is 0 Å². The summed E-state index contributed by atoms with van der Waals surface area (Å²) in [6, 6.07) is 8.78. The number of aryl methyl sites for hydroxylation is 1. The number of benzene rings is 1. The lowest BCUT2D eigenvalue weighted by atomic mass is 10.0. The summed E-state index contributed by atoms with van der Waals surface area (Å²) in [6.07, 6.45) is 1.92. The van der Waals surface area contributed by atoms with Gasteiger partial charge in [0.05, 0.1) is 21.0 Å². The van der Waals surface area contributed by atoms with E-state index in [0.717, 1.165) is 29.3 Å². The Morgan fingerprint density at radius 3 is 2.76 bits per heavy atom. The number of carbonyl (C=O) groups excluding carboxylic acids is 1. The third kappa shape index (κ3) is 3.68. The van der Waals surface area contributed by atoms with Gasteiger partial charge in [0.1, 0.15) is 5.00 Å². The summed E-state index contributed by atoms with van der Waals surface area (Å²) < 4.78 is 0.434. The zero-order valence-corrected chi connectivity index (χ0v) is 12.6. The van der Waals surface area contributed by atoms with Gasteiger partial charge in [-0.1, -0.05) is 35.9 Å². The summed E-state index contributed by atoms with van der Waals surface area (Å²) >= 11 is 7.10. The maximum atomic E-state index is 12.5. The molecule has 0 aliphatic rings. The molecule has 1 aromatic heterocycles. The van der Waals surface area contributed by atoms with Crippen LogP contribution in [-0.4, -0.2) is 10.7 Å². The summed E-state index contributed by atoms with van der Waals surface area (Å²) in [5.41, 5.74) is 1.83. The average molecular weight is 323 g/mol. The van der Waals surface area contributed by atoms with Gasteiger partial charge in [0.2, 0.25) is 6.20 Å². The molecule has 0 aliphatic carbocycles. The van der Waals surface area contributed by atoms with Crippen LogP contribution < -0.4 is 5.32 Å². The fraction of sp³-hybridized carbons (Fsp3) is 0.0714. The lowest BCUT2D eigenvalue weighted by Gasteiger charge is -2.05. The Bertz CT molecular complexity index is 725. The first kappa shape index (κ1) is 15.2. The summed E-state index contributed by atoms with van der Waals surface area (Å²) in [4.78, 5) is 22.2. The highest BCUT2D eigenvalue weighted by Gasteiger charge is 2.18. The highest BCUT2D eigenvalue weighted by molar-refractivity contribution is 7.20. The van der Waals surface area contributed by atoms with E-state index >= 15 is 0 Å². The highest BCUT2D eigenvalue weighted by atomic mass is 35.5. The number of hydrogen-bond donors (Lipinski definition) is 1. The minimum Gasteiger partial charge on any atom is -0.348 e. The van der Waals surface area contributed by atoms with Crippen LogP contribution >= 0.6 is 22.9 Å². The molecular formula is C14H11ClN2O3S. The quantitative estimate of drug-likeness (QED) is 0.511. The number of rotatable bonds is 5. The number of ketones is 1. The first-order chi connectivity index (χ1) is 9.99. The fourth-order valence-corrected chi connectivity index (χ4v) is 2.88. The normalized spacial score (nSPS) is 10.8. The van der Waals surface area contributed by atoms with Crippen molar-refractivity contribution in [2.45, 2.75) is 6.92 Å². The SMILES string of the molecule is Cc1ccccc1C(=O)c1cc(Cl)sc1NC=C[N+](=O)[O-]. The van der Waals surface area contributed by atoms with Crippen molar-refractivity contribution in [3.8, 4) is 0 Å². The van der Waals surface area contributed by atoms with E-state index in [2.05, 4.69) is 5.32 Å². The molecule has 21 heavy (non-hydrogen) atoms. The van der Waals surface area contributed by atoms with Crippen molar-refractivity contribution in [2.75, 3.05) is 5.32 Å². The molecule has 2 rings (SSSR count). The molecule has 1 N–H and O–H groups in total. The van der Waals surface area contributed by atoms with Crippen molar-refractivity contribution in [2.24, 2.45) is 0 Å². The maximum absolute atomic E-state index is 12.5. The minimum absolute atomic E-state index is 0.173. The maximum Gasteiger partial charge on any atom is 0.250 e. The molecule has 7 heteroatoms. The monoisotopic (exact) mass is 322 g/mol. The van der Waals surface area contributed by atoms with E-state index in [9.17, 15) is 14.9 Å². The molecule has 0 bridgehead atoms. The zero-order chi connectivity index (χ0) is 15.4. The van der Waals surface area contributed by atoms with E-state index in [-0.39, 0.29) is 5.78 Å². The van der Waals surface area contributed by atoms with Gasteiger partial charge in [0, 0.05) is 5.56 Å². The van der Waals surface area contributed by atoms with Crippen molar-refractivity contribution >= 4 is 33.7 Å². The van der Waals surface area contributed by atoms with Crippen LogP contribution in [0.5, 0.6) is 0 Å². The Balaban J connectivity index is 2.34. The number of anilines is 1. The van der Waals surface area contributed by atoms with E-state index < -0.39 is 4.92 Å². The predicted octanol–water partition coefficient (Wildman–Crippen LogP) is 4.10. The van der Waals surface area contributed by atoms with Gasteiger partial charge in [0.25, 0.3) is 0 Å². The molecule has 0 spiro atoms. The second-order valence-corrected chi connectivity index (χ2v) is 5.87. The molecular weight excluding hydrogens is 312 g/mol. The number of carbonyl (C=O) groups is 1. The molecule has 0 aliphatic heterocycles. The van der Waals surface area contributed by atoms with E-state index in [1.54, 1.807) is 18.2 Å². The van der Waals surface area contributed by atoms with Gasteiger partial charge in [-0.15, -0.1) is 11.3 Å². The summed E-state index contributed by atoms with van der Waals surface area (Å²) in [7, 11) is 0. The number of halogens is 1. The molecule has 0 radical (unpaired) electrons. The molecule has 0 fully saturated rings. The summed E-state index contributed by atoms with van der Waals surface area (Å²) in [5, 5.41) is 13.5. The molecule has 1 aromatic carbocycles. The van der Waals surface area contributed by atoms with Crippen LogP contribution in [0.15, 0.2) is 42.7 Å². The van der Waals surface area contributed by atoms with Gasteiger partial charge in [0.15, 0.2) is 5.78 Å². The van der Waals surface area contributed by atoms with Crippen molar-refractivity contribution in [1.29, 1.82) is 0 Å². The van der Waals surface area contributed by atoms with Gasteiger partial charge in [-0.05, 0) is 18.6 Å². The van der Waals surface area contributed by atoms with Gasteiger partial charge in [-0.2, -0.15) is 0 Å². The fourth-order valence-electron chi connectivity index (χ4n) is 1.78. The van der Waals surface area contributed by atoms with Crippen molar-refractivity contribution in [3.05, 3.63) is 73.9 Å². The van der Waals surface area contributed by atoms with Gasteiger partial charge in [-0.25, -0.2) is 0 Å². The Kier molecular flexibility index (Phi) is 4.72. The topological polar surface area (TPSA) is 72.2 Å². The summed E-state index contributed by atoms with van der Waals surface area (Å²) in [6.45, 7) is 1.85. The minimum atomic E-state index is -0.592. The molecule has 0 amide bonds. The van der Waals surface area contributed by atoms with Crippen LogP contribution in [0.2, 0.25) is 4.34 Å². The Morgan fingerprint density at radius 1 is 1.38 bits per heavy atom. The molecule has 0 unspecified atom stereocenters. The Morgan fingerprint density at radius 2 is 2.10 bits per heavy atom. The Hall–Kier alpha value is -2.18. The first-order valence-corrected chi connectivity index (χ1v) is 7.15. The number of hydrogen-bond acceptors (Lipinski definition) is 5. The smallest absolute Gasteiger partial charge is 0.250 e. The summed E-state index contributed by atoms with van der Waals surface area (Å²) in [5.74, 6) is -0.173. The van der Waals surface area contributed by atoms with Crippen molar-refractivity contribution in [1.82, 2.24) is 0 Å². The average Bonchev–Trinajstić information content (AvgIpc) is 2.79. The van der Waals surface area contributed by atoms with Crippen LogP contribution in [-0.2, 0) is 0 Å². The van der Waals surface area contributed by atoms with Crippen LogP contribution in [0.4, 0.5) is 5.00 Å². The van der Waals surface area contributed by atoms with Crippen LogP contribution in [0.25, 0.3) is 0 Å². The zero-order valence-electron chi connectivity index (χ0n) is 11.0. The molecule has 108 valence electrons. The number of nitro groups is 1. The molecule has 0 atom stereocenters. The number of thiophene rings is 1. The molecule has 1 heterocycles. The van der Waals surface area contributed by atoms with Crippen LogP contribution in [0, 0.1) is 17.0 Å². The third-order valence-corrected chi connectivity index (χ3v) is 3.94. The van der Waals surface area contributed by atoms with Gasteiger partial charge < -0.3 is 5.32 Å². The standard InChI is InChI=1S/C14H11ClN2O3S/c1-9-4-2-3-5-10(9)13(18)11-8-12(15)21-14(11)16-6-7-17(19)20/h2-8,16H,1H3. The number of nitrogens with one attached hydrogen (secondary N) is 1. The lowest BCUT2D eigenvalue weighted by molar-refractivity contribution is -0.402. The second-order valence-electron chi connectivity index (χ2n) is 4.18.